The van der Waals surface area contributed by atoms with Gasteiger partial charge >= 0.3 is 5.97 Å². The number of thiophene rings is 1. The number of hydrogen-bond acceptors (Lipinski definition) is 7. The quantitative estimate of drug-likeness (QED) is 0.329. The van der Waals surface area contributed by atoms with Crippen molar-refractivity contribution in [3.05, 3.63) is 45.8 Å². The maximum Gasteiger partial charge on any atom is 0.318 e. The van der Waals surface area contributed by atoms with E-state index in [0.717, 1.165) is 5.56 Å². The molecular weight excluding hydrogens is 403 g/mol. The van der Waals surface area contributed by atoms with Gasteiger partial charge < -0.3 is 9.47 Å². The minimum atomic E-state index is -0.514. The van der Waals surface area contributed by atoms with Crippen LogP contribution in [0.5, 0.6) is 0 Å². The van der Waals surface area contributed by atoms with Crippen LogP contribution >= 0.6 is 23.1 Å². The van der Waals surface area contributed by atoms with Gasteiger partial charge in [-0.2, -0.15) is 0 Å². The van der Waals surface area contributed by atoms with Crippen molar-refractivity contribution in [2.75, 3.05) is 20.8 Å². The number of benzene rings is 1. The van der Waals surface area contributed by atoms with E-state index in [0.29, 0.717) is 34.1 Å². The smallest absolute Gasteiger partial charge is 0.318 e. The molecule has 0 bridgehead atoms. The molecule has 3 rings (SSSR count). The van der Waals surface area contributed by atoms with Gasteiger partial charge in [0.25, 0.3) is 5.56 Å². The number of carbonyl (C=O) groups excluding carboxylic acids is 1. The molecule has 0 aliphatic heterocycles. The highest BCUT2D eigenvalue weighted by Gasteiger charge is 2.22. The molecule has 0 radical (unpaired) electrons. The molecule has 1 atom stereocenters. The predicted molar refractivity (Wildman–Crippen MR) is 108 cm³/mol. The van der Waals surface area contributed by atoms with E-state index in [4.69, 9.17) is 9.47 Å². The average Bonchev–Trinajstić information content (AvgIpc) is 3.11. The molecule has 0 amide bonds. The minimum Gasteiger partial charge on any atom is -0.468 e. The lowest BCUT2D eigenvalue weighted by molar-refractivity contribution is -0.139. The Bertz CT molecular complexity index is 1050. The van der Waals surface area contributed by atoms with Crippen molar-refractivity contribution >= 4 is 39.3 Å². The summed E-state index contributed by atoms with van der Waals surface area (Å²) in [6, 6.07) is 5.99. The van der Waals surface area contributed by atoms with E-state index in [1.54, 1.807) is 26.2 Å². The molecule has 3 aromatic rings. The van der Waals surface area contributed by atoms with Crippen LogP contribution < -0.4 is 5.56 Å². The van der Waals surface area contributed by atoms with Gasteiger partial charge in [0.2, 0.25) is 0 Å². The molecular formula is C19H19FN2O4S2. The van der Waals surface area contributed by atoms with Crippen LogP contribution in [0.15, 0.2) is 39.6 Å². The van der Waals surface area contributed by atoms with Gasteiger partial charge in [-0.15, -0.1) is 11.3 Å². The number of hydrogen-bond donors (Lipinski definition) is 0. The fourth-order valence-corrected chi connectivity index (χ4v) is 4.64. The van der Waals surface area contributed by atoms with Crippen LogP contribution in [0.2, 0.25) is 0 Å². The number of esters is 1. The average molecular weight is 423 g/mol. The van der Waals surface area contributed by atoms with Crippen molar-refractivity contribution in [3.8, 4) is 11.1 Å². The summed E-state index contributed by atoms with van der Waals surface area (Å²) in [7, 11) is 2.87. The molecule has 0 saturated heterocycles. The maximum atomic E-state index is 13.3. The topological polar surface area (TPSA) is 70.4 Å². The van der Waals surface area contributed by atoms with Crippen LogP contribution in [0, 0.1) is 5.82 Å². The lowest BCUT2D eigenvalue weighted by atomic mass is 10.1. The van der Waals surface area contributed by atoms with Crippen LogP contribution in [0.1, 0.15) is 6.92 Å². The monoisotopic (exact) mass is 422 g/mol. The highest BCUT2D eigenvalue weighted by Crippen LogP contribution is 2.33. The number of aromatic nitrogens is 2. The third-order valence-corrected chi connectivity index (χ3v) is 6.09. The summed E-state index contributed by atoms with van der Waals surface area (Å²) < 4.78 is 24.7. The van der Waals surface area contributed by atoms with Gasteiger partial charge in [-0.3, -0.25) is 14.2 Å². The molecule has 0 unspecified atom stereocenters. The van der Waals surface area contributed by atoms with Crippen molar-refractivity contribution in [3.63, 3.8) is 0 Å². The van der Waals surface area contributed by atoms with E-state index in [-0.39, 0.29) is 11.4 Å². The summed E-state index contributed by atoms with van der Waals surface area (Å²) in [5.74, 6) is -0.731. The second-order valence-corrected chi connectivity index (χ2v) is 8.13. The Balaban J connectivity index is 2.14. The largest absolute Gasteiger partial charge is 0.468 e. The number of halogens is 1. The highest BCUT2D eigenvalue weighted by atomic mass is 32.2. The molecule has 2 heterocycles. The van der Waals surface area contributed by atoms with Gasteiger partial charge in [-0.05, 0) is 24.6 Å². The fourth-order valence-electron chi connectivity index (χ4n) is 2.69. The van der Waals surface area contributed by atoms with Gasteiger partial charge in [0.15, 0.2) is 5.16 Å². The number of carbonyl (C=O) groups is 1. The van der Waals surface area contributed by atoms with Gasteiger partial charge in [0.1, 0.15) is 15.9 Å². The first kappa shape index (κ1) is 20.5. The Morgan fingerprint density at radius 3 is 2.68 bits per heavy atom. The Hall–Kier alpha value is -2.23. The van der Waals surface area contributed by atoms with Crippen molar-refractivity contribution in [2.24, 2.45) is 0 Å². The number of fused-ring (bicyclic) bond motifs is 1. The van der Waals surface area contributed by atoms with Crippen LogP contribution in [0.4, 0.5) is 4.39 Å². The summed E-state index contributed by atoms with van der Waals surface area (Å²) in [6.45, 7) is 2.32. The first-order valence-electron chi connectivity index (χ1n) is 8.47. The molecule has 28 heavy (non-hydrogen) atoms. The summed E-state index contributed by atoms with van der Waals surface area (Å²) in [4.78, 5) is 30.2. The third-order valence-electron chi connectivity index (χ3n) is 4.15. The van der Waals surface area contributed by atoms with Gasteiger partial charge in [0, 0.05) is 18.1 Å². The Labute approximate surface area is 169 Å². The van der Waals surface area contributed by atoms with Crippen molar-refractivity contribution in [1.82, 2.24) is 9.55 Å². The Morgan fingerprint density at radius 2 is 2.04 bits per heavy atom. The molecule has 9 heteroatoms. The second-order valence-electron chi connectivity index (χ2n) is 5.96. The lowest BCUT2D eigenvalue weighted by Crippen LogP contribution is -2.26. The second kappa shape index (κ2) is 8.85. The first-order valence-corrected chi connectivity index (χ1v) is 10.2. The molecule has 0 fully saturated rings. The van der Waals surface area contributed by atoms with Gasteiger partial charge in [-0.1, -0.05) is 23.9 Å². The molecule has 0 aliphatic rings. The van der Waals surface area contributed by atoms with E-state index in [1.165, 1.54) is 46.9 Å². The van der Waals surface area contributed by atoms with Gasteiger partial charge in [0.05, 0.1) is 25.6 Å². The number of thioether (sulfide) groups is 1. The molecule has 148 valence electrons. The molecule has 0 saturated carbocycles. The molecule has 1 aromatic carbocycles. The zero-order valence-corrected chi connectivity index (χ0v) is 17.2. The molecule has 0 aliphatic carbocycles. The van der Waals surface area contributed by atoms with Gasteiger partial charge in [-0.25, -0.2) is 9.37 Å². The number of nitrogens with zero attached hydrogens (tertiary/aromatic N) is 2. The summed E-state index contributed by atoms with van der Waals surface area (Å²) in [5, 5.41) is 2.23. The summed E-state index contributed by atoms with van der Waals surface area (Å²) in [6.07, 6.45) is 0. The zero-order valence-electron chi connectivity index (χ0n) is 15.6. The maximum absolute atomic E-state index is 13.3. The molecule has 0 spiro atoms. The molecule has 0 N–H and O–H groups in total. The van der Waals surface area contributed by atoms with Crippen LogP contribution in [-0.4, -0.2) is 41.6 Å². The van der Waals surface area contributed by atoms with Crippen LogP contribution in [0.25, 0.3) is 21.3 Å². The Morgan fingerprint density at radius 1 is 1.32 bits per heavy atom. The Kier molecular flexibility index (Phi) is 6.48. The first-order chi connectivity index (χ1) is 13.5. The van der Waals surface area contributed by atoms with E-state index in [2.05, 4.69) is 4.98 Å². The summed E-state index contributed by atoms with van der Waals surface area (Å²) in [5.41, 5.74) is 1.23. The lowest BCUT2D eigenvalue weighted by Gasteiger charge is -2.14. The standard InChI is InChI=1S/C19H19FN2O4S2/c1-11(18(24)26-3)28-19-21-16-15(17(23)22(19)8-9-25-2)14(10-27-16)12-4-6-13(20)7-5-12/h4-7,10-11H,8-9H2,1-3H3/t11-/m0/s1. The van der Waals surface area contributed by atoms with Crippen molar-refractivity contribution in [1.29, 1.82) is 0 Å². The SMILES string of the molecule is COCCn1c(S[C@@H](C)C(=O)OC)nc2scc(-c3ccc(F)cc3)c2c1=O. The zero-order chi connectivity index (χ0) is 20.3. The normalized spacial score (nSPS) is 12.3. The molecule has 2 aromatic heterocycles. The number of methoxy groups -OCH3 is 2. The number of rotatable bonds is 7. The molecule has 6 nitrogen and oxygen atoms in total. The highest BCUT2D eigenvalue weighted by molar-refractivity contribution is 8.00. The van der Waals surface area contributed by atoms with Crippen LogP contribution in [0.3, 0.4) is 0 Å². The van der Waals surface area contributed by atoms with Crippen LogP contribution in [-0.2, 0) is 20.8 Å². The third kappa shape index (κ3) is 4.11. The van der Waals surface area contributed by atoms with Crippen molar-refractivity contribution in [2.45, 2.75) is 23.9 Å². The van der Waals surface area contributed by atoms with E-state index in [1.807, 2.05) is 5.38 Å². The van der Waals surface area contributed by atoms with E-state index in [9.17, 15) is 14.0 Å². The fraction of sp³-hybridized carbons (Fsp3) is 0.316. The van der Waals surface area contributed by atoms with Crippen molar-refractivity contribution < 1.29 is 18.7 Å². The number of ether oxygens (including phenoxy) is 2. The summed E-state index contributed by atoms with van der Waals surface area (Å²) >= 11 is 2.50. The predicted octanol–water partition coefficient (Wildman–Crippen LogP) is 3.56. The van der Waals surface area contributed by atoms with E-state index >= 15 is 0 Å². The minimum absolute atomic E-state index is 0.220. The van der Waals surface area contributed by atoms with E-state index < -0.39 is 11.2 Å².